The van der Waals surface area contributed by atoms with E-state index < -0.39 is 5.60 Å². The predicted octanol–water partition coefficient (Wildman–Crippen LogP) is 1.01. The Bertz CT molecular complexity index is 391. The van der Waals surface area contributed by atoms with E-state index in [0.717, 1.165) is 25.0 Å². The number of aromatic amines is 1. The molecule has 0 saturated heterocycles. The van der Waals surface area contributed by atoms with Crippen molar-refractivity contribution >= 4 is 5.91 Å². The van der Waals surface area contributed by atoms with Gasteiger partial charge in [-0.1, -0.05) is 19.8 Å². The van der Waals surface area contributed by atoms with Crippen molar-refractivity contribution in [3.63, 3.8) is 0 Å². The summed E-state index contributed by atoms with van der Waals surface area (Å²) < 4.78 is 0. The molecule has 0 bridgehead atoms. The second-order valence-electron chi connectivity index (χ2n) is 5.46. The number of amides is 1. The lowest BCUT2D eigenvalue weighted by Gasteiger charge is -2.35. The molecule has 1 aliphatic carbocycles. The number of aliphatic hydroxyl groups is 1. The van der Waals surface area contributed by atoms with Crippen LogP contribution in [0.15, 0.2) is 12.3 Å². The molecule has 1 amide bonds. The van der Waals surface area contributed by atoms with Crippen LogP contribution in [0.25, 0.3) is 0 Å². The summed E-state index contributed by atoms with van der Waals surface area (Å²) in [4.78, 5) is 11.7. The molecule has 0 spiro atoms. The van der Waals surface area contributed by atoms with Crippen LogP contribution in [0.5, 0.6) is 0 Å². The van der Waals surface area contributed by atoms with Crippen molar-refractivity contribution in [1.82, 2.24) is 15.5 Å². The van der Waals surface area contributed by atoms with Crippen LogP contribution in [0.2, 0.25) is 0 Å². The number of rotatable bonds is 4. The molecular formula is C13H21N3O2. The zero-order valence-corrected chi connectivity index (χ0v) is 10.8. The number of nitrogens with zero attached hydrogens (tertiary/aromatic N) is 1. The highest BCUT2D eigenvalue weighted by Crippen LogP contribution is 2.31. The largest absolute Gasteiger partial charge is 0.388 e. The molecule has 1 aliphatic rings. The van der Waals surface area contributed by atoms with Gasteiger partial charge in [0.2, 0.25) is 5.91 Å². The van der Waals surface area contributed by atoms with Gasteiger partial charge in [0.25, 0.3) is 0 Å². The van der Waals surface area contributed by atoms with E-state index in [1.54, 1.807) is 12.3 Å². The van der Waals surface area contributed by atoms with Gasteiger partial charge in [0.15, 0.2) is 0 Å². The first-order valence-corrected chi connectivity index (χ1v) is 6.55. The summed E-state index contributed by atoms with van der Waals surface area (Å²) in [6, 6.07) is 1.77. The van der Waals surface area contributed by atoms with E-state index in [2.05, 4.69) is 22.4 Å². The van der Waals surface area contributed by atoms with Crippen LogP contribution in [-0.4, -0.2) is 33.4 Å². The summed E-state index contributed by atoms with van der Waals surface area (Å²) in [5.41, 5.74) is 0.0675. The lowest BCUT2D eigenvalue weighted by molar-refractivity contribution is -0.122. The Morgan fingerprint density at radius 1 is 1.72 bits per heavy atom. The van der Waals surface area contributed by atoms with Crippen molar-refractivity contribution < 1.29 is 9.90 Å². The second-order valence-corrected chi connectivity index (χ2v) is 5.46. The molecular weight excluding hydrogens is 230 g/mol. The summed E-state index contributed by atoms with van der Waals surface area (Å²) >= 11 is 0. The SMILES string of the molecule is CC1CCCC(O)(CNC(=O)Cc2ccn[nH]2)C1. The maximum atomic E-state index is 11.7. The van der Waals surface area contributed by atoms with E-state index in [4.69, 9.17) is 0 Å². The van der Waals surface area contributed by atoms with Crippen LogP contribution in [0, 0.1) is 5.92 Å². The molecule has 1 fully saturated rings. The topological polar surface area (TPSA) is 78.0 Å². The number of carbonyl (C=O) groups excluding carboxylic acids is 1. The van der Waals surface area contributed by atoms with Gasteiger partial charge < -0.3 is 10.4 Å². The van der Waals surface area contributed by atoms with E-state index in [9.17, 15) is 9.90 Å². The van der Waals surface area contributed by atoms with Crippen molar-refractivity contribution in [2.75, 3.05) is 6.54 Å². The van der Waals surface area contributed by atoms with Gasteiger partial charge in [-0.2, -0.15) is 5.10 Å². The number of hydrogen-bond donors (Lipinski definition) is 3. The monoisotopic (exact) mass is 251 g/mol. The summed E-state index contributed by atoms with van der Waals surface area (Å²) in [7, 11) is 0. The Morgan fingerprint density at radius 3 is 3.22 bits per heavy atom. The summed E-state index contributed by atoms with van der Waals surface area (Å²) in [5, 5.41) is 19.7. The highest BCUT2D eigenvalue weighted by molar-refractivity contribution is 5.78. The molecule has 100 valence electrons. The van der Waals surface area contributed by atoms with Gasteiger partial charge in [-0.3, -0.25) is 9.89 Å². The van der Waals surface area contributed by atoms with Crippen LogP contribution in [0.4, 0.5) is 0 Å². The number of carbonyl (C=O) groups is 1. The maximum absolute atomic E-state index is 11.7. The highest BCUT2D eigenvalue weighted by Gasteiger charge is 2.32. The third-order valence-corrected chi connectivity index (χ3v) is 3.59. The molecule has 5 heteroatoms. The third kappa shape index (κ3) is 3.57. The van der Waals surface area contributed by atoms with E-state index in [0.29, 0.717) is 12.5 Å². The maximum Gasteiger partial charge on any atom is 0.226 e. The van der Waals surface area contributed by atoms with Gasteiger partial charge >= 0.3 is 0 Å². The minimum atomic E-state index is -0.721. The summed E-state index contributed by atoms with van der Waals surface area (Å²) in [5.74, 6) is 0.458. The Labute approximate surface area is 107 Å². The van der Waals surface area contributed by atoms with Gasteiger partial charge in [0, 0.05) is 18.4 Å². The quantitative estimate of drug-likeness (QED) is 0.747. The van der Waals surface area contributed by atoms with Crippen LogP contribution in [-0.2, 0) is 11.2 Å². The molecule has 1 saturated carbocycles. The molecule has 2 rings (SSSR count). The Morgan fingerprint density at radius 2 is 2.56 bits per heavy atom. The molecule has 18 heavy (non-hydrogen) atoms. The lowest BCUT2D eigenvalue weighted by atomic mass is 9.79. The van der Waals surface area contributed by atoms with E-state index >= 15 is 0 Å². The van der Waals surface area contributed by atoms with Crippen molar-refractivity contribution in [1.29, 1.82) is 0 Å². The van der Waals surface area contributed by atoms with E-state index in [1.807, 2.05) is 0 Å². The average molecular weight is 251 g/mol. The fourth-order valence-corrected chi connectivity index (χ4v) is 2.67. The van der Waals surface area contributed by atoms with Crippen molar-refractivity contribution in [2.45, 2.75) is 44.6 Å². The molecule has 0 radical (unpaired) electrons. The molecule has 1 heterocycles. The first kappa shape index (κ1) is 13.1. The molecule has 1 aromatic rings. The van der Waals surface area contributed by atoms with Crippen molar-refractivity contribution in [3.05, 3.63) is 18.0 Å². The standard InChI is InChI=1S/C13H21N3O2/c1-10-3-2-5-13(18,8-10)9-14-12(17)7-11-4-6-15-16-11/h4,6,10,18H,2-3,5,7-9H2,1H3,(H,14,17)(H,15,16). The molecule has 2 atom stereocenters. The Hall–Kier alpha value is -1.36. The van der Waals surface area contributed by atoms with Gasteiger partial charge in [0.05, 0.1) is 12.0 Å². The molecule has 1 aromatic heterocycles. The first-order chi connectivity index (χ1) is 8.57. The van der Waals surface area contributed by atoms with E-state index in [1.165, 1.54) is 6.42 Å². The van der Waals surface area contributed by atoms with Gasteiger partial charge in [-0.15, -0.1) is 0 Å². The fraction of sp³-hybridized carbons (Fsp3) is 0.692. The first-order valence-electron chi connectivity index (χ1n) is 6.55. The lowest BCUT2D eigenvalue weighted by Crippen LogP contribution is -2.46. The molecule has 2 unspecified atom stereocenters. The highest BCUT2D eigenvalue weighted by atomic mass is 16.3. The zero-order chi connectivity index (χ0) is 13.0. The molecule has 0 aromatic carbocycles. The molecule has 5 nitrogen and oxygen atoms in total. The van der Waals surface area contributed by atoms with Gasteiger partial charge in [-0.05, 0) is 24.8 Å². The van der Waals surface area contributed by atoms with Gasteiger partial charge in [0.1, 0.15) is 0 Å². The Kier molecular flexibility index (Phi) is 4.01. The zero-order valence-electron chi connectivity index (χ0n) is 10.8. The molecule has 0 aliphatic heterocycles. The van der Waals surface area contributed by atoms with Crippen LogP contribution in [0.3, 0.4) is 0 Å². The summed E-state index contributed by atoms with van der Waals surface area (Å²) in [6.45, 7) is 2.50. The molecule has 3 N–H and O–H groups in total. The minimum Gasteiger partial charge on any atom is -0.388 e. The van der Waals surface area contributed by atoms with Crippen LogP contribution < -0.4 is 5.32 Å². The number of aromatic nitrogens is 2. The normalized spacial score (nSPS) is 28.0. The van der Waals surface area contributed by atoms with Crippen molar-refractivity contribution in [2.24, 2.45) is 5.92 Å². The van der Waals surface area contributed by atoms with E-state index in [-0.39, 0.29) is 12.3 Å². The predicted molar refractivity (Wildman–Crippen MR) is 67.9 cm³/mol. The average Bonchev–Trinajstić information content (AvgIpc) is 2.79. The second kappa shape index (κ2) is 5.52. The third-order valence-electron chi connectivity index (χ3n) is 3.59. The van der Waals surface area contributed by atoms with Crippen LogP contribution in [0.1, 0.15) is 38.3 Å². The number of nitrogens with one attached hydrogen (secondary N) is 2. The number of hydrogen-bond acceptors (Lipinski definition) is 3. The Balaban J connectivity index is 1.78. The minimum absolute atomic E-state index is 0.0779. The van der Waals surface area contributed by atoms with Crippen LogP contribution >= 0.6 is 0 Å². The van der Waals surface area contributed by atoms with Gasteiger partial charge in [-0.25, -0.2) is 0 Å². The van der Waals surface area contributed by atoms with Crippen molar-refractivity contribution in [3.8, 4) is 0 Å². The summed E-state index contributed by atoms with van der Waals surface area (Å²) in [6.07, 6.45) is 5.67. The number of H-pyrrole nitrogens is 1. The smallest absolute Gasteiger partial charge is 0.226 e. The fourth-order valence-electron chi connectivity index (χ4n) is 2.67.